The van der Waals surface area contributed by atoms with Gasteiger partial charge in [-0.3, -0.25) is 9.59 Å². The molecule has 1 aromatic carbocycles. The molecule has 10 heteroatoms. The summed E-state index contributed by atoms with van der Waals surface area (Å²) in [5.74, 6) is -1.03. The summed E-state index contributed by atoms with van der Waals surface area (Å²) in [5, 5.41) is 2.54. The van der Waals surface area contributed by atoms with Crippen LogP contribution in [0, 0.1) is 0 Å². The Morgan fingerprint density at radius 2 is 1.79 bits per heavy atom. The molecule has 0 unspecified atom stereocenters. The van der Waals surface area contributed by atoms with E-state index in [1.807, 2.05) is 44.2 Å². The van der Waals surface area contributed by atoms with E-state index < -0.39 is 42.9 Å². The monoisotopic (exact) mass is 474 g/mol. The Morgan fingerprint density at radius 3 is 2.41 bits per heavy atom. The number of ether oxygens (including phenoxy) is 5. The lowest BCUT2D eigenvalue weighted by molar-refractivity contribution is -0.155. The molecule has 184 valence electrons. The average Bonchev–Trinajstić information content (AvgIpc) is 2.82. The highest BCUT2D eigenvalue weighted by Gasteiger charge is 2.27. The van der Waals surface area contributed by atoms with Gasteiger partial charge in [0.2, 0.25) is 6.79 Å². The minimum absolute atomic E-state index is 0.0272. The molecular weight excluding hydrogens is 444 g/mol. The Labute approximate surface area is 198 Å². The maximum atomic E-state index is 12.8. The molecule has 2 aromatic rings. The highest BCUT2D eigenvalue weighted by atomic mass is 16.7. The first-order valence-corrected chi connectivity index (χ1v) is 10.8. The summed E-state index contributed by atoms with van der Waals surface area (Å²) in [4.78, 5) is 40.5. The first kappa shape index (κ1) is 26.4. The molecule has 0 spiro atoms. The van der Waals surface area contributed by atoms with Crippen LogP contribution in [-0.4, -0.2) is 55.0 Å². The summed E-state index contributed by atoms with van der Waals surface area (Å²) in [7, 11) is 1.39. The zero-order valence-electron chi connectivity index (χ0n) is 19.9. The van der Waals surface area contributed by atoms with E-state index in [2.05, 4.69) is 10.3 Å². The topological polar surface area (TPSA) is 122 Å². The van der Waals surface area contributed by atoms with Gasteiger partial charge in [0.1, 0.15) is 24.0 Å². The van der Waals surface area contributed by atoms with Crippen LogP contribution in [-0.2, 0) is 19.1 Å². The molecule has 0 aliphatic carbocycles. The van der Waals surface area contributed by atoms with Gasteiger partial charge in [-0.05, 0) is 32.4 Å². The number of benzene rings is 1. The fraction of sp³-hybridized carbons (Fsp3) is 0.417. The van der Waals surface area contributed by atoms with Gasteiger partial charge in [0.25, 0.3) is 5.91 Å². The summed E-state index contributed by atoms with van der Waals surface area (Å²) in [6, 6.07) is 9.71. The third kappa shape index (κ3) is 7.65. The van der Waals surface area contributed by atoms with Crippen molar-refractivity contribution in [2.75, 3.05) is 13.9 Å². The van der Waals surface area contributed by atoms with Crippen molar-refractivity contribution >= 4 is 17.8 Å². The van der Waals surface area contributed by atoms with E-state index in [-0.39, 0.29) is 17.2 Å². The number of carbonyl (C=O) groups excluding carboxylic acids is 3. The van der Waals surface area contributed by atoms with Crippen LogP contribution >= 0.6 is 0 Å². The first-order chi connectivity index (χ1) is 16.3. The van der Waals surface area contributed by atoms with Gasteiger partial charge in [0.15, 0.2) is 17.2 Å². The standard InChI is InChI=1S/C24H30N2O8/c1-6-19(16(3)33-18-10-8-7-9-11-18)34-24(29)15(2)26-23(28)21-22(32-14-31-17(4)27)20(30-5)12-13-25-21/h7-13,15-16,19H,6,14H2,1-5H3,(H,26,28)/t15-,16+,19+/m0/s1. The van der Waals surface area contributed by atoms with Crippen LogP contribution in [0.25, 0.3) is 0 Å². The van der Waals surface area contributed by atoms with Gasteiger partial charge >= 0.3 is 11.9 Å². The molecule has 1 N–H and O–H groups in total. The van der Waals surface area contributed by atoms with E-state index in [0.717, 1.165) is 0 Å². The van der Waals surface area contributed by atoms with Crippen LogP contribution in [0.2, 0.25) is 0 Å². The summed E-state index contributed by atoms with van der Waals surface area (Å²) < 4.78 is 26.8. The predicted molar refractivity (Wildman–Crippen MR) is 122 cm³/mol. The maximum absolute atomic E-state index is 12.8. The van der Waals surface area contributed by atoms with Crippen molar-refractivity contribution in [3.8, 4) is 17.2 Å². The van der Waals surface area contributed by atoms with Gasteiger partial charge in [-0.2, -0.15) is 0 Å². The molecule has 10 nitrogen and oxygen atoms in total. The van der Waals surface area contributed by atoms with Crippen molar-refractivity contribution in [2.24, 2.45) is 0 Å². The molecule has 0 aliphatic rings. The third-order valence-corrected chi connectivity index (χ3v) is 4.73. The lowest BCUT2D eigenvalue weighted by Gasteiger charge is -2.25. The number of amides is 1. The SMILES string of the molecule is CC[C@@H](OC(=O)[C@H](C)NC(=O)c1nccc(OC)c1OCOC(C)=O)[C@@H](C)Oc1ccccc1. The Kier molecular flexibility index (Phi) is 10.1. The highest BCUT2D eigenvalue weighted by Crippen LogP contribution is 2.29. The van der Waals surface area contributed by atoms with Crippen molar-refractivity contribution in [1.82, 2.24) is 10.3 Å². The van der Waals surface area contributed by atoms with Crippen LogP contribution in [0.1, 0.15) is 44.6 Å². The van der Waals surface area contributed by atoms with E-state index in [4.69, 9.17) is 23.7 Å². The lowest BCUT2D eigenvalue weighted by Crippen LogP contribution is -2.43. The predicted octanol–water partition coefficient (Wildman–Crippen LogP) is 2.90. The quantitative estimate of drug-likeness (QED) is 0.365. The number of para-hydroxylation sites is 1. The lowest BCUT2D eigenvalue weighted by atomic mass is 10.1. The number of carbonyl (C=O) groups is 3. The van der Waals surface area contributed by atoms with E-state index in [0.29, 0.717) is 12.2 Å². The first-order valence-electron chi connectivity index (χ1n) is 10.8. The summed E-state index contributed by atoms with van der Waals surface area (Å²) in [6.45, 7) is 5.96. The Hall–Kier alpha value is -3.82. The van der Waals surface area contributed by atoms with Gasteiger partial charge < -0.3 is 29.0 Å². The molecule has 0 saturated carbocycles. The van der Waals surface area contributed by atoms with E-state index in [1.165, 1.54) is 33.2 Å². The van der Waals surface area contributed by atoms with Crippen LogP contribution in [0.15, 0.2) is 42.6 Å². The molecule has 0 aliphatic heterocycles. The van der Waals surface area contributed by atoms with Crippen LogP contribution in [0.4, 0.5) is 0 Å². The molecule has 1 heterocycles. The number of nitrogens with zero attached hydrogens (tertiary/aromatic N) is 1. The minimum atomic E-state index is -0.986. The number of pyridine rings is 1. The van der Waals surface area contributed by atoms with Gasteiger partial charge in [-0.1, -0.05) is 25.1 Å². The molecule has 0 bridgehead atoms. The zero-order chi connectivity index (χ0) is 25.1. The number of hydrogen-bond donors (Lipinski definition) is 1. The van der Waals surface area contributed by atoms with Crippen molar-refractivity contribution in [1.29, 1.82) is 0 Å². The van der Waals surface area contributed by atoms with E-state index in [9.17, 15) is 14.4 Å². The Balaban J connectivity index is 2.03. The van der Waals surface area contributed by atoms with Crippen LogP contribution in [0.3, 0.4) is 0 Å². The molecule has 0 fully saturated rings. The van der Waals surface area contributed by atoms with E-state index in [1.54, 1.807) is 0 Å². The van der Waals surface area contributed by atoms with Crippen LogP contribution in [0.5, 0.6) is 17.2 Å². The normalized spacial score (nSPS) is 13.1. The maximum Gasteiger partial charge on any atom is 0.328 e. The van der Waals surface area contributed by atoms with Gasteiger partial charge in [0.05, 0.1) is 7.11 Å². The second kappa shape index (κ2) is 13.0. The zero-order valence-corrected chi connectivity index (χ0v) is 19.9. The van der Waals surface area contributed by atoms with Crippen molar-refractivity contribution < 1.29 is 38.1 Å². The molecule has 3 atom stereocenters. The fourth-order valence-corrected chi connectivity index (χ4v) is 2.94. The number of aromatic nitrogens is 1. The third-order valence-electron chi connectivity index (χ3n) is 4.73. The summed E-state index contributed by atoms with van der Waals surface area (Å²) in [5.41, 5.74) is -0.140. The van der Waals surface area contributed by atoms with Crippen molar-refractivity contribution in [2.45, 2.75) is 52.4 Å². The van der Waals surface area contributed by atoms with Gasteiger partial charge in [-0.25, -0.2) is 9.78 Å². The number of hydrogen-bond acceptors (Lipinski definition) is 9. The highest BCUT2D eigenvalue weighted by molar-refractivity contribution is 5.98. The number of rotatable bonds is 12. The van der Waals surface area contributed by atoms with Gasteiger partial charge in [-0.15, -0.1) is 0 Å². The number of methoxy groups -OCH3 is 1. The fourth-order valence-electron chi connectivity index (χ4n) is 2.94. The Morgan fingerprint density at radius 1 is 1.09 bits per heavy atom. The number of nitrogens with one attached hydrogen (secondary N) is 1. The molecule has 1 aromatic heterocycles. The van der Waals surface area contributed by atoms with Crippen molar-refractivity contribution in [3.05, 3.63) is 48.3 Å². The number of esters is 2. The second-order valence-corrected chi connectivity index (χ2v) is 7.30. The molecule has 0 saturated heterocycles. The Bertz CT molecular complexity index is 967. The molecule has 2 rings (SSSR count). The molecular formula is C24H30N2O8. The largest absolute Gasteiger partial charge is 0.493 e. The minimum Gasteiger partial charge on any atom is -0.493 e. The second-order valence-electron chi connectivity index (χ2n) is 7.30. The van der Waals surface area contributed by atoms with Crippen molar-refractivity contribution in [3.63, 3.8) is 0 Å². The van der Waals surface area contributed by atoms with E-state index >= 15 is 0 Å². The average molecular weight is 475 g/mol. The summed E-state index contributed by atoms with van der Waals surface area (Å²) in [6.07, 6.45) is 0.946. The molecule has 34 heavy (non-hydrogen) atoms. The smallest absolute Gasteiger partial charge is 0.328 e. The molecule has 1 amide bonds. The van der Waals surface area contributed by atoms with Crippen LogP contribution < -0.4 is 19.5 Å². The van der Waals surface area contributed by atoms with Gasteiger partial charge in [0, 0.05) is 19.2 Å². The summed E-state index contributed by atoms with van der Waals surface area (Å²) >= 11 is 0. The molecule has 0 radical (unpaired) electrons.